The van der Waals surface area contributed by atoms with Crippen LogP contribution in [-0.2, 0) is 18.3 Å². The van der Waals surface area contributed by atoms with Crippen LogP contribution < -0.4 is 0 Å². The van der Waals surface area contributed by atoms with E-state index in [1.807, 2.05) is 35.0 Å². The van der Waals surface area contributed by atoms with Crippen LogP contribution >= 0.6 is 0 Å². The highest BCUT2D eigenvalue weighted by molar-refractivity contribution is 5.93. The van der Waals surface area contributed by atoms with Crippen molar-refractivity contribution in [2.75, 3.05) is 26.2 Å². The van der Waals surface area contributed by atoms with E-state index < -0.39 is 0 Å². The number of rotatable bonds is 4. The molecule has 0 aliphatic carbocycles. The fraction of sp³-hybridized carbons (Fsp3) is 0.524. The van der Waals surface area contributed by atoms with Crippen LogP contribution in [0.25, 0.3) is 0 Å². The highest BCUT2D eigenvalue weighted by Gasteiger charge is 2.41. The Balaban J connectivity index is 1.35. The molecule has 0 saturated carbocycles. The van der Waals surface area contributed by atoms with Crippen molar-refractivity contribution < 1.29 is 9.59 Å². The summed E-state index contributed by atoms with van der Waals surface area (Å²) in [6, 6.07) is 5.90. The third-order valence-corrected chi connectivity index (χ3v) is 6.18. The van der Waals surface area contributed by atoms with Crippen LogP contribution in [0.1, 0.15) is 41.7 Å². The summed E-state index contributed by atoms with van der Waals surface area (Å²) in [4.78, 5) is 33.4. The Bertz CT molecular complexity index is 839. The highest BCUT2D eigenvalue weighted by Crippen LogP contribution is 2.40. The van der Waals surface area contributed by atoms with Crippen molar-refractivity contribution >= 4 is 11.8 Å². The number of aromatic nitrogens is 3. The second-order valence-corrected chi connectivity index (χ2v) is 8.08. The van der Waals surface area contributed by atoms with Gasteiger partial charge in [0.2, 0.25) is 5.91 Å². The van der Waals surface area contributed by atoms with Crippen molar-refractivity contribution in [2.45, 2.75) is 32.1 Å². The zero-order chi connectivity index (χ0) is 19.6. The van der Waals surface area contributed by atoms with Gasteiger partial charge in [0.05, 0.1) is 11.8 Å². The lowest BCUT2D eigenvalue weighted by Gasteiger charge is -2.47. The van der Waals surface area contributed by atoms with E-state index in [0.29, 0.717) is 12.0 Å². The number of amides is 2. The van der Waals surface area contributed by atoms with Crippen LogP contribution in [0.2, 0.25) is 0 Å². The van der Waals surface area contributed by atoms with Gasteiger partial charge in [-0.05, 0) is 36.8 Å². The monoisotopic (exact) mass is 381 g/mol. The quantitative estimate of drug-likeness (QED) is 0.811. The fourth-order valence-electron chi connectivity index (χ4n) is 4.41. The Labute approximate surface area is 165 Å². The first-order chi connectivity index (χ1) is 13.5. The molecule has 1 spiro atoms. The number of carbonyl (C=O) groups is 2. The molecule has 2 aromatic rings. The summed E-state index contributed by atoms with van der Waals surface area (Å²) in [5, 5.41) is 4.10. The number of hydrogen-bond donors (Lipinski definition) is 0. The summed E-state index contributed by atoms with van der Waals surface area (Å²) < 4.78 is 1.66. The Morgan fingerprint density at radius 2 is 2.04 bits per heavy atom. The van der Waals surface area contributed by atoms with Gasteiger partial charge in [-0.15, -0.1) is 0 Å². The number of piperidine rings is 2. The molecule has 0 unspecified atom stereocenters. The van der Waals surface area contributed by atoms with Crippen LogP contribution in [0.3, 0.4) is 0 Å². The molecule has 7 heteroatoms. The zero-order valence-corrected chi connectivity index (χ0v) is 16.4. The van der Waals surface area contributed by atoms with Gasteiger partial charge in [0, 0.05) is 64.2 Å². The molecule has 148 valence electrons. The molecule has 2 fully saturated rings. The summed E-state index contributed by atoms with van der Waals surface area (Å²) in [5.41, 5.74) is 1.81. The largest absolute Gasteiger partial charge is 0.342 e. The second-order valence-electron chi connectivity index (χ2n) is 8.08. The lowest BCUT2D eigenvalue weighted by atomic mass is 9.72. The Morgan fingerprint density at radius 3 is 2.71 bits per heavy atom. The van der Waals surface area contributed by atoms with Crippen LogP contribution in [0.5, 0.6) is 0 Å². The molecule has 4 rings (SSSR count). The molecule has 0 N–H and O–H groups in total. The third kappa shape index (κ3) is 3.93. The normalized spacial score (nSPS) is 19.2. The van der Waals surface area contributed by atoms with Crippen molar-refractivity contribution in [3.63, 3.8) is 0 Å². The van der Waals surface area contributed by atoms with E-state index in [1.165, 1.54) is 0 Å². The molecule has 2 aromatic heterocycles. The Hall–Kier alpha value is -2.70. The van der Waals surface area contributed by atoms with Crippen molar-refractivity contribution in [2.24, 2.45) is 12.5 Å². The lowest BCUT2D eigenvalue weighted by molar-refractivity contribution is -0.138. The maximum atomic E-state index is 12.7. The molecule has 0 atom stereocenters. The van der Waals surface area contributed by atoms with Gasteiger partial charge < -0.3 is 9.80 Å². The summed E-state index contributed by atoms with van der Waals surface area (Å²) in [6.45, 7) is 3.01. The smallest absolute Gasteiger partial charge is 0.257 e. The Morgan fingerprint density at radius 1 is 1.21 bits per heavy atom. The molecule has 28 heavy (non-hydrogen) atoms. The maximum Gasteiger partial charge on any atom is 0.257 e. The fourth-order valence-corrected chi connectivity index (χ4v) is 4.41. The first-order valence-corrected chi connectivity index (χ1v) is 10.0. The first-order valence-electron chi connectivity index (χ1n) is 10.0. The van der Waals surface area contributed by atoms with Gasteiger partial charge in [0.1, 0.15) is 0 Å². The van der Waals surface area contributed by atoms with Gasteiger partial charge in [0.15, 0.2) is 0 Å². The maximum absolute atomic E-state index is 12.7. The molecule has 0 aromatic carbocycles. The minimum Gasteiger partial charge on any atom is -0.342 e. The van der Waals surface area contributed by atoms with Gasteiger partial charge in [0.25, 0.3) is 5.91 Å². The average molecular weight is 381 g/mol. The van der Waals surface area contributed by atoms with Crippen LogP contribution in [0, 0.1) is 5.41 Å². The molecule has 0 bridgehead atoms. The first kappa shape index (κ1) is 18.7. The Kier molecular flexibility index (Phi) is 5.15. The lowest BCUT2D eigenvalue weighted by Crippen LogP contribution is -2.52. The van der Waals surface area contributed by atoms with Gasteiger partial charge in [-0.2, -0.15) is 5.10 Å². The van der Waals surface area contributed by atoms with Gasteiger partial charge in [-0.3, -0.25) is 19.3 Å². The molecule has 4 heterocycles. The number of carbonyl (C=O) groups excluding carboxylic acids is 2. The zero-order valence-electron chi connectivity index (χ0n) is 16.4. The van der Waals surface area contributed by atoms with E-state index >= 15 is 0 Å². The standard InChI is InChI=1S/C21H27N5O2/c1-24-15-17(14-23-24)20(28)25-12-8-21(9-13-25)7-5-19(27)26(16-21)11-6-18-4-2-3-10-22-18/h2-4,10,14-15H,5-9,11-13,16H2,1H3. The molecule has 2 amide bonds. The average Bonchev–Trinajstić information content (AvgIpc) is 3.16. The third-order valence-electron chi connectivity index (χ3n) is 6.18. The number of aryl methyl sites for hydroxylation is 1. The highest BCUT2D eigenvalue weighted by atomic mass is 16.2. The van der Waals surface area contributed by atoms with Crippen LogP contribution in [-0.4, -0.2) is 62.6 Å². The van der Waals surface area contributed by atoms with Crippen molar-refractivity contribution in [1.82, 2.24) is 24.6 Å². The van der Waals surface area contributed by atoms with Crippen molar-refractivity contribution in [3.8, 4) is 0 Å². The minimum absolute atomic E-state index is 0.0573. The second kappa shape index (κ2) is 7.73. The molecule has 2 aliphatic rings. The number of nitrogens with zero attached hydrogens (tertiary/aromatic N) is 5. The molecule has 2 saturated heterocycles. The van der Waals surface area contributed by atoms with E-state index in [0.717, 1.165) is 57.6 Å². The predicted molar refractivity (Wildman–Crippen MR) is 105 cm³/mol. The SMILES string of the molecule is Cn1cc(C(=O)N2CCC3(CCC(=O)N(CCc4ccccn4)C3)CC2)cn1. The summed E-state index contributed by atoms with van der Waals surface area (Å²) in [5.74, 6) is 0.303. The number of likely N-dealkylation sites (tertiary alicyclic amines) is 2. The summed E-state index contributed by atoms with van der Waals surface area (Å²) in [6.07, 6.45) is 9.42. The molecule has 2 aliphatic heterocycles. The molecule has 0 radical (unpaired) electrons. The van der Waals surface area contributed by atoms with Crippen molar-refractivity contribution in [3.05, 3.63) is 48.0 Å². The van der Waals surface area contributed by atoms with E-state index in [4.69, 9.17) is 0 Å². The van der Waals surface area contributed by atoms with E-state index in [9.17, 15) is 9.59 Å². The number of hydrogen-bond acceptors (Lipinski definition) is 4. The van der Waals surface area contributed by atoms with Crippen LogP contribution in [0.15, 0.2) is 36.8 Å². The number of pyridine rings is 1. The van der Waals surface area contributed by atoms with E-state index in [1.54, 1.807) is 23.3 Å². The summed E-state index contributed by atoms with van der Waals surface area (Å²) >= 11 is 0. The minimum atomic E-state index is 0.0573. The molecule has 7 nitrogen and oxygen atoms in total. The van der Waals surface area contributed by atoms with Gasteiger partial charge >= 0.3 is 0 Å². The van der Waals surface area contributed by atoms with E-state index in [-0.39, 0.29) is 17.2 Å². The van der Waals surface area contributed by atoms with Gasteiger partial charge in [-0.1, -0.05) is 6.07 Å². The topological polar surface area (TPSA) is 71.3 Å². The van der Waals surface area contributed by atoms with Gasteiger partial charge in [-0.25, -0.2) is 0 Å². The van der Waals surface area contributed by atoms with Crippen molar-refractivity contribution in [1.29, 1.82) is 0 Å². The molecular formula is C21H27N5O2. The predicted octanol–water partition coefficient (Wildman–Crippen LogP) is 1.90. The summed E-state index contributed by atoms with van der Waals surface area (Å²) in [7, 11) is 1.82. The van der Waals surface area contributed by atoms with E-state index in [2.05, 4.69) is 10.1 Å². The molecular weight excluding hydrogens is 354 g/mol. The van der Waals surface area contributed by atoms with Crippen LogP contribution in [0.4, 0.5) is 0 Å².